The van der Waals surface area contributed by atoms with Crippen molar-refractivity contribution >= 4 is 23.8 Å². The van der Waals surface area contributed by atoms with Gasteiger partial charge in [-0.15, -0.1) is 0 Å². The Bertz CT molecular complexity index is 869. The SMILES string of the molecule is CON=C[C@@H]1C(Cc2ccnc(N)c2)C(=O)N1C(=O)C[C@H](C)c1ccccc1. The van der Waals surface area contributed by atoms with Gasteiger partial charge < -0.3 is 10.6 Å². The number of hydrogen-bond acceptors (Lipinski definition) is 6. The maximum Gasteiger partial charge on any atom is 0.235 e. The third-order valence-corrected chi connectivity index (χ3v) is 5.00. The summed E-state index contributed by atoms with van der Waals surface area (Å²) in [6.07, 6.45) is 3.84. The largest absolute Gasteiger partial charge is 0.399 e. The van der Waals surface area contributed by atoms with Crippen molar-refractivity contribution in [1.82, 2.24) is 9.88 Å². The molecule has 1 saturated heterocycles. The van der Waals surface area contributed by atoms with Crippen LogP contribution in [0.2, 0.25) is 0 Å². The molecule has 2 aromatic rings. The van der Waals surface area contributed by atoms with Gasteiger partial charge in [0.05, 0.1) is 18.2 Å². The van der Waals surface area contributed by atoms with E-state index >= 15 is 0 Å². The summed E-state index contributed by atoms with van der Waals surface area (Å²) in [5.74, 6) is -0.374. The molecule has 146 valence electrons. The lowest BCUT2D eigenvalue weighted by Crippen LogP contribution is -2.64. The molecule has 1 aliphatic rings. The number of pyridine rings is 1. The molecule has 0 saturated carbocycles. The number of imide groups is 1. The van der Waals surface area contributed by atoms with Gasteiger partial charge in [0.15, 0.2) is 0 Å². The fraction of sp³-hybridized carbons (Fsp3) is 0.333. The molecule has 1 aromatic heterocycles. The van der Waals surface area contributed by atoms with Crippen molar-refractivity contribution in [3.63, 3.8) is 0 Å². The molecule has 3 rings (SSSR count). The van der Waals surface area contributed by atoms with E-state index in [1.807, 2.05) is 43.3 Å². The van der Waals surface area contributed by atoms with Crippen molar-refractivity contribution in [2.75, 3.05) is 12.8 Å². The Morgan fingerprint density at radius 2 is 2.11 bits per heavy atom. The standard InChI is InChI=1S/C21H24N4O3/c1-14(16-6-4-3-5-7-16)10-20(26)25-18(13-24-28-2)17(21(25)27)11-15-8-9-23-19(22)12-15/h3-9,12-14,17-18H,10-11H2,1-2H3,(H2,22,23)/t14-,17?,18+/m0/s1. The summed E-state index contributed by atoms with van der Waals surface area (Å²) in [5.41, 5.74) is 7.68. The summed E-state index contributed by atoms with van der Waals surface area (Å²) in [5, 5.41) is 3.80. The highest BCUT2D eigenvalue weighted by molar-refractivity contribution is 6.06. The van der Waals surface area contributed by atoms with E-state index in [1.54, 1.807) is 12.3 Å². The van der Waals surface area contributed by atoms with Gasteiger partial charge in [-0.2, -0.15) is 0 Å². The normalized spacial score (nSPS) is 20.1. The number of β-lactam (4-membered cyclic amide) rings is 1. The minimum Gasteiger partial charge on any atom is -0.399 e. The van der Waals surface area contributed by atoms with Crippen molar-refractivity contribution in [2.24, 2.45) is 11.1 Å². The van der Waals surface area contributed by atoms with Gasteiger partial charge in [-0.25, -0.2) is 4.98 Å². The number of amides is 2. The molecule has 3 atom stereocenters. The minimum absolute atomic E-state index is 0.0144. The molecule has 28 heavy (non-hydrogen) atoms. The molecule has 1 fully saturated rings. The topological polar surface area (TPSA) is 97.9 Å². The monoisotopic (exact) mass is 380 g/mol. The van der Waals surface area contributed by atoms with Gasteiger partial charge in [0, 0.05) is 12.6 Å². The molecular weight excluding hydrogens is 356 g/mol. The molecule has 7 nitrogen and oxygen atoms in total. The van der Waals surface area contributed by atoms with E-state index in [9.17, 15) is 9.59 Å². The first-order chi connectivity index (χ1) is 13.5. The Labute approximate surface area is 164 Å². The fourth-order valence-electron chi connectivity index (χ4n) is 3.50. The smallest absolute Gasteiger partial charge is 0.235 e. The highest BCUT2D eigenvalue weighted by atomic mass is 16.6. The number of rotatable bonds is 7. The second-order valence-electron chi connectivity index (χ2n) is 6.95. The van der Waals surface area contributed by atoms with E-state index in [4.69, 9.17) is 10.6 Å². The molecule has 0 bridgehead atoms. The van der Waals surface area contributed by atoms with Crippen LogP contribution >= 0.6 is 0 Å². The Morgan fingerprint density at radius 1 is 1.36 bits per heavy atom. The third kappa shape index (κ3) is 4.19. The van der Waals surface area contributed by atoms with Crippen molar-refractivity contribution in [3.8, 4) is 0 Å². The number of anilines is 1. The first kappa shape index (κ1) is 19.5. The summed E-state index contributed by atoms with van der Waals surface area (Å²) in [7, 11) is 1.43. The van der Waals surface area contributed by atoms with Crippen molar-refractivity contribution in [3.05, 3.63) is 59.8 Å². The van der Waals surface area contributed by atoms with E-state index in [0.29, 0.717) is 12.2 Å². The average molecular weight is 380 g/mol. The Hall–Kier alpha value is -3.22. The molecule has 0 aliphatic carbocycles. The first-order valence-corrected chi connectivity index (χ1v) is 9.19. The predicted octanol–water partition coefficient (Wildman–Crippen LogP) is 2.39. The zero-order valence-electron chi connectivity index (χ0n) is 16.0. The van der Waals surface area contributed by atoms with Crippen LogP contribution in [-0.2, 0) is 20.8 Å². The van der Waals surface area contributed by atoms with Crippen LogP contribution in [0.5, 0.6) is 0 Å². The Morgan fingerprint density at radius 3 is 2.79 bits per heavy atom. The summed E-state index contributed by atoms with van der Waals surface area (Å²) in [6.45, 7) is 1.98. The van der Waals surface area contributed by atoms with Crippen LogP contribution in [-0.4, -0.2) is 41.1 Å². The van der Waals surface area contributed by atoms with Gasteiger partial charge in [0.2, 0.25) is 11.8 Å². The third-order valence-electron chi connectivity index (χ3n) is 5.00. The number of nitrogens with two attached hydrogens (primary N) is 1. The van der Waals surface area contributed by atoms with E-state index in [0.717, 1.165) is 11.1 Å². The summed E-state index contributed by atoms with van der Waals surface area (Å²) in [6, 6.07) is 12.9. The Balaban J connectivity index is 1.72. The summed E-state index contributed by atoms with van der Waals surface area (Å²) in [4.78, 5) is 35.6. The maximum absolute atomic E-state index is 12.8. The van der Waals surface area contributed by atoms with Gasteiger partial charge in [0.1, 0.15) is 12.9 Å². The molecule has 1 aromatic carbocycles. The zero-order valence-corrected chi connectivity index (χ0v) is 16.0. The molecule has 2 amide bonds. The zero-order chi connectivity index (χ0) is 20.1. The lowest BCUT2D eigenvalue weighted by atomic mass is 9.82. The number of carbonyl (C=O) groups excluding carboxylic acids is 2. The van der Waals surface area contributed by atoms with Crippen LogP contribution in [0.3, 0.4) is 0 Å². The molecule has 2 heterocycles. The van der Waals surface area contributed by atoms with Gasteiger partial charge in [-0.1, -0.05) is 42.4 Å². The van der Waals surface area contributed by atoms with Crippen molar-refractivity contribution in [1.29, 1.82) is 0 Å². The van der Waals surface area contributed by atoms with Gasteiger partial charge in [-0.05, 0) is 35.6 Å². The lowest BCUT2D eigenvalue weighted by molar-refractivity contribution is -0.162. The van der Waals surface area contributed by atoms with Crippen LogP contribution in [0, 0.1) is 5.92 Å². The molecule has 1 aliphatic heterocycles. The number of nitrogen functional groups attached to an aromatic ring is 1. The number of oxime groups is 1. The Kier molecular flexibility index (Phi) is 6.03. The lowest BCUT2D eigenvalue weighted by Gasteiger charge is -2.44. The number of benzene rings is 1. The molecule has 0 spiro atoms. The fourth-order valence-corrected chi connectivity index (χ4v) is 3.50. The number of likely N-dealkylation sites (tertiary alicyclic amines) is 1. The van der Waals surface area contributed by atoms with E-state index in [2.05, 4.69) is 10.1 Å². The van der Waals surface area contributed by atoms with Crippen LogP contribution in [0.25, 0.3) is 0 Å². The molecule has 7 heteroatoms. The van der Waals surface area contributed by atoms with Crippen molar-refractivity contribution in [2.45, 2.75) is 31.7 Å². The molecular formula is C21H24N4O3. The highest BCUT2D eigenvalue weighted by Gasteiger charge is 2.49. The van der Waals surface area contributed by atoms with E-state index < -0.39 is 6.04 Å². The van der Waals surface area contributed by atoms with Crippen LogP contribution in [0.1, 0.15) is 30.4 Å². The second kappa shape index (κ2) is 8.65. The van der Waals surface area contributed by atoms with Crippen LogP contribution in [0.15, 0.2) is 53.8 Å². The van der Waals surface area contributed by atoms with Crippen LogP contribution in [0.4, 0.5) is 5.82 Å². The van der Waals surface area contributed by atoms with E-state index in [1.165, 1.54) is 18.2 Å². The predicted molar refractivity (Wildman–Crippen MR) is 106 cm³/mol. The average Bonchev–Trinajstić information content (AvgIpc) is 2.69. The minimum atomic E-state index is -0.433. The second-order valence-corrected chi connectivity index (χ2v) is 6.95. The van der Waals surface area contributed by atoms with Crippen LogP contribution < -0.4 is 5.73 Å². The molecule has 0 radical (unpaired) electrons. The number of nitrogens with zero attached hydrogens (tertiary/aromatic N) is 3. The van der Waals surface area contributed by atoms with Crippen molar-refractivity contribution < 1.29 is 14.4 Å². The number of aromatic nitrogens is 1. The number of carbonyl (C=O) groups is 2. The maximum atomic E-state index is 12.8. The number of hydrogen-bond donors (Lipinski definition) is 1. The highest BCUT2D eigenvalue weighted by Crippen LogP contribution is 2.32. The quantitative estimate of drug-likeness (QED) is 0.452. The van der Waals surface area contributed by atoms with Gasteiger partial charge in [-0.3, -0.25) is 14.5 Å². The molecule has 2 N–H and O–H groups in total. The first-order valence-electron chi connectivity index (χ1n) is 9.19. The molecule has 1 unspecified atom stereocenters. The van der Waals surface area contributed by atoms with Gasteiger partial charge in [0.25, 0.3) is 0 Å². The summed E-state index contributed by atoms with van der Waals surface area (Å²) < 4.78 is 0. The summed E-state index contributed by atoms with van der Waals surface area (Å²) >= 11 is 0. The van der Waals surface area contributed by atoms with Gasteiger partial charge >= 0.3 is 0 Å². The van der Waals surface area contributed by atoms with E-state index in [-0.39, 0.29) is 30.1 Å².